The average molecular weight is 310 g/mol. The van der Waals surface area contributed by atoms with Gasteiger partial charge >= 0.3 is 0 Å². The van der Waals surface area contributed by atoms with E-state index in [4.69, 9.17) is 0 Å². The lowest BCUT2D eigenvalue weighted by atomic mass is 10.1. The SMILES string of the molecule is Cc1cc(CO)cc(S(=O)(=O)NCc2ncn(C)n2)c1C. The lowest BCUT2D eigenvalue weighted by molar-refractivity contribution is 0.281. The van der Waals surface area contributed by atoms with Gasteiger partial charge in [-0.2, -0.15) is 5.10 Å². The van der Waals surface area contributed by atoms with Crippen LogP contribution in [0.1, 0.15) is 22.5 Å². The van der Waals surface area contributed by atoms with Gasteiger partial charge < -0.3 is 5.11 Å². The summed E-state index contributed by atoms with van der Waals surface area (Å²) in [5.41, 5.74) is 2.04. The molecule has 21 heavy (non-hydrogen) atoms. The quantitative estimate of drug-likeness (QED) is 0.833. The molecule has 0 saturated carbocycles. The summed E-state index contributed by atoms with van der Waals surface area (Å²) in [5, 5.41) is 13.2. The molecule has 0 aliphatic heterocycles. The molecule has 2 N–H and O–H groups in total. The number of hydrogen-bond acceptors (Lipinski definition) is 5. The molecule has 0 aliphatic rings. The maximum absolute atomic E-state index is 12.4. The molecule has 0 atom stereocenters. The molecule has 1 aromatic carbocycles. The molecule has 0 fully saturated rings. The molecule has 1 aromatic heterocycles. The van der Waals surface area contributed by atoms with Crippen LogP contribution in [-0.2, 0) is 30.2 Å². The van der Waals surface area contributed by atoms with E-state index in [0.29, 0.717) is 17.0 Å². The molecule has 7 nitrogen and oxygen atoms in total. The number of aryl methyl sites for hydroxylation is 2. The number of aromatic nitrogens is 3. The van der Waals surface area contributed by atoms with Crippen molar-refractivity contribution in [2.75, 3.05) is 0 Å². The van der Waals surface area contributed by atoms with Crippen LogP contribution in [-0.4, -0.2) is 28.3 Å². The Morgan fingerprint density at radius 3 is 2.62 bits per heavy atom. The zero-order valence-corrected chi connectivity index (χ0v) is 13.0. The number of hydrogen-bond donors (Lipinski definition) is 2. The van der Waals surface area contributed by atoms with Crippen molar-refractivity contribution < 1.29 is 13.5 Å². The van der Waals surface area contributed by atoms with E-state index in [2.05, 4.69) is 14.8 Å². The number of benzene rings is 1. The fourth-order valence-corrected chi connectivity index (χ4v) is 3.32. The predicted octanol–water partition coefficient (Wildman–Crippen LogP) is 0.403. The molecule has 0 radical (unpaired) electrons. The smallest absolute Gasteiger partial charge is 0.241 e. The number of aliphatic hydroxyl groups is 1. The Labute approximate surface area is 123 Å². The summed E-state index contributed by atoms with van der Waals surface area (Å²) >= 11 is 0. The Hall–Kier alpha value is -1.77. The third-order valence-electron chi connectivity index (χ3n) is 3.22. The first kappa shape index (κ1) is 15.6. The Morgan fingerprint density at radius 1 is 1.33 bits per heavy atom. The Balaban J connectivity index is 2.29. The highest BCUT2D eigenvalue weighted by molar-refractivity contribution is 7.89. The lowest BCUT2D eigenvalue weighted by Gasteiger charge is -2.12. The number of sulfonamides is 1. The minimum absolute atomic E-state index is 0.0189. The molecular weight excluding hydrogens is 292 g/mol. The zero-order chi connectivity index (χ0) is 15.6. The normalized spacial score (nSPS) is 11.8. The van der Waals surface area contributed by atoms with Crippen molar-refractivity contribution in [2.24, 2.45) is 7.05 Å². The fourth-order valence-electron chi connectivity index (χ4n) is 1.97. The second kappa shape index (κ2) is 5.92. The van der Waals surface area contributed by atoms with E-state index in [1.54, 1.807) is 20.0 Å². The van der Waals surface area contributed by atoms with Crippen molar-refractivity contribution in [3.05, 3.63) is 41.0 Å². The molecule has 1 heterocycles. The van der Waals surface area contributed by atoms with Crippen LogP contribution < -0.4 is 4.72 Å². The standard InChI is InChI=1S/C13H18N4O3S/c1-9-4-11(7-18)5-12(10(9)2)21(19,20)15-6-13-14-8-17(3)16-13/h4-5,8,15,18H,6-7H2,1-3H3. The van der Waals surface area contributed by atoms with Crippen molar-refractivity contribution in [3.8, 4) is 0 Å². The minimum Gasteiger partial charge on any atom is -0.392 e. The molecule has 0 amide bonds. The summed E-state index contributed by atoms with van der Waals surface area (Å²) < 4.78 is 28.8. The second-order valence-corrected chi connectivity index (χ2v) is 6.59. The van der Waals surface area contributed by atoms with E-state index >= 15 is 0 Å². The third-order valence-corrected chi connectivity index (χ3v) is 4.75. The first-order chi connectivity index (χ1) is 9.83. The molecule has 2 aromatic rings. The fraction of sp³-hybridized carbons (Fsp3) is 0.385. The van der Waals surface area contributed by atoms with E-state index in [1.807, 2.05) is 6.92 Å². The van der Waals surface area contributed by atoms with Gasteiger partial charge in [0.25, 0.3) is 0 Å². The van der Waals surface area contributed by atoms with Gasteiger partial charge in [-0.3, -0.25) is 4.68 Å². The van der Waals surface area contributed by atoms with Crippen molar-refractivity contribution >= 4 is 10.0 Å². The van der Waals surface area contributed by atoms with Gasteiger partial charge in [0.05, 0.1) is 18.0 Å². The second-order valence-electron chi connectivity index (χ2n) is 4.85. The zero-order valence-electron chi connectivity index (χ0n) is 12.2. The lowest BCUT2D eigenvalue weighted by Crippen LogP contribution is -2.25. The summed E-state index contributed by atoms with van der Waals surface area (Å²) in [6.45, 7) is 3.37. The van der Waals surface area contributed by atoms with Gasteiger partial charge in [-0.15, -0.1) is 0 Å². The molecular formula is C13H18N4O3S. The van der Waals surface area contributed by atoms with Crippen LogP contribution in [0.25, 0.3) is 0 Å². The molecule has 0 unspecified atom stereocenters. The first-order valence-electron chi connectivity index (χ1n) is 6.38. The van der Waals surface area contributed by atoms with Crippen molar-refractivity contribution in [1.29, 1.82) is 0 Å². The monoisotopic (exact) mass is 310 g/mol. The Morgan fingerprint density at radius 2 is 2.05 bits per heavy atom. The Kier molecular flexibility index (Phi) is 4.40. The first-order valence-corrected chi connectivity index (χ1v) is 7.87. The Bertz CT molecular complexity index is 753. The van der Waals surface area contributed by atoms with Crippen LogP contribution in [0.15, 0.2) is 23.4 Å². The molecule has 2 rings (SSSR count). The third kappa shape index (κ3) is 3.46. The van der Waals surface area contributed by atoms with Crippen LogP contribution in [0.5, 0.6) is 0 Å². The van der Waals surface area contributed by atoms with Crippen molar-refractivity contribution in [3.63, 3.8) is 0 Å². The molecule has 0 spiro atoms. The summed E-state index contributed by atoms with van der Waals surface area (Å²) in [6.07, 6.45) is 1.51. The van der Waals surface area contributed by atoms with E-state index in [0.717, 1.165) is 5.56 Å². The van der Waals surface area contributed by atoms with Crippen LogP contribution in [0.3, 0.4) is 0 Å². The summed E-state index contributed by atoms with van der Waals surface area (Å²) in [6, 6.07) is 3.26. The molecule has 0 saturated heterocycles. The molecule has 0 aliphatic carbocycles. The molecule has 8 heteroatoms. The van der Waals surface area contributed by atoms with Crippen LogP contribution >= 0.6 is 0 Å². The summed E-state index contributed by atoms with van der Waals surface area (Å²) in [4.78, 5) is 4.14. The van der Waals surface area contributed by atoms with Gasteiger partial charge in [0.1, 0.15) is 6.33 Å². The van der Waals surface area contributed by atoms with E-state index in [-0.39, 0.29) is 18.0 Å². The van der Waals surface area contributed by atoms with Gasteiger partial charge in [-0.25, -0.2) is 18.1 Å². The maximum Gasteiger partial charge on any atom is 0.241 e. The van der Waals surface area contributed by atoms with E-state index in [1.165, 1.54) is 17.1 Å². The van der Waals surface area contributed by atoms with Gasteiger partial charge in [-0.05, 0) is 36.6 Å². The van der Waals surface area contributed by atoms with Gasteiger partial charge in [0.2, 0.25) is 10.0 Å². The maximum atomic E-state index is 12.4. The largest absolute Gasteiger partial charge is 0.392 e. The molecule has 114 valence electrons. The van der Waals surface area contributed by atoms with Crippen molar-refractivity contribution in [2.45, 2.75) is 31.9 Å². The van der Waals surface area contributed by atoms with E-state index < -0.39 is 10.0 Å². The number of aliphatic hydroxyl groups excluding tert-OH is 1. The summed E-state index contributed by atoms with van der Waals surface area (Å²) in [5.74, 6) is 0.397. The minimum atomic E-state index is -3.69. The number of nitrogens with zero attached hydrogens (tertiary/aromatic N) is 3. The van der Waals surface area contributed by atoms with Crippen LogP contribution in [0.4, 0.5) is 0 Å². The highest BCUT2D eigenvalue weighted by atomic mass is 32.2. The molecule has 0 bridgehead atoms. The van der Waals surface area contributed by atoms with Gasteiger partial charge in [-0.1, -0.05) is 6.07 Å². The van der Waals surface area contributed by atoms with E-state index in [9.17, 15) is 13.5 Å². The van der Waals surface area contributed by atoms with Gasteiger partial charge in [0, 0.05) is 7.05 Å². The summed E-state index contributed by atoms with van der Waals surface area (Å²) in [7, 11) is -1.97. The average Bonchev–Trinajstić information content (AvgIpc) is 2.85. The van der Waals surface area contributed by atoms with Crippen molar-refractivity contribution in [1.82, 2.24) is 19.5 Å². The van der Waals surface area contributed by atoms with Crippen LogP contribution in [0, 0.1) is 13.8 Å². The number of nitrogens with one attached hydrogen (secondary N) is 1. The highest BCUT2D eigenvalue weighted by Gasteiger charge is 2.19. The number of rotatable bonds is 5. The van der Waals surface area contributed by atoms with Gasteiger partial charge in [0.15, 0.2) is 5.82 Å². The topological polar surface area (TPSA) is 97.1 Å². The van der Waals surface area contributed by atoms with Crippen LogP contribution in [0.2, 0.25) is 0 Å². The predicted molar refractivity (Wildman–Crippen MR) is 76.9 cm³/mol. The highest BCUT2D eigenvalue weighted by Crippen LogP contribution is 2.21.